The summed E-state index contributed by atoms with van der Waals surface area (Å²) in [5.41, 5.74) is 0.921. The van der Waals surface area contributed by atoms with Gasteiger partial charge in [-0.3, -0.25) is 9.59 Å². The number of aromatic nitrogens is 1. The molecule has 0 unspecified atom stereocenters. The summed E-state index contributed by atoms with van der Waals surface area (Å²) in [6.07, 6.45) is 0.319. The number of ether oxygens (including phenoxy) is 2. The Bertz CT molecular complexity index is 1080. The Morgan fingerprint density at radius 3 is 2.63 bits per heavy atom. The van der Waals surface area contributed by atoms with Crippen molar-refractivity contribution < 1.29 is 18.7 Å². The Morgan fingerprint density at radius 2 is 1.85 bits per heavy atom. The van der Waals surface area contributed by atoms with Gasteiger partial charge in [0.25, 0.3) is 11.5 Å². The fraction of sp³-hybridized carbons (Fsp3) is 0.200. The molecule has 1 aliphatic rings. The lowest BCUT2D eigenvalue weighted by Gasteiger charge is -2.18. The van der Waals surface area contributed by atoms with Crippen molar-refractivity contribution in [1.29, 1.82) is 0 Å². The third-order valence-electron chi connectivity index (χ3n) is 4.38. The van der Waals surface area contributed by atoms with Crippen molar-refractivity contribution in [1.82, 2.24) is 10.3 Å². The fourth-order valence-corrected chi connectivity index (χ4v) is 3.03. The molecule has 7 heteroatoms. The number of carbonyl (C=O) groups excluding carboxylic acids is 1. The number of amides is 1. The molecule has 27 heavy (non-hydrogen) atoms. The van der Waals surface area contributed by atoms with Crippen LogP contribution < -0.4 is 20.3 Å². The molecule has 0 bridgehead atoms. The minimum atomic E-state index is -0.578. The molecule has 1 amide bonds. The Balaban J connectivity index is 1.50. The van der Waals surface area contributed by atoms with Gasteiger partial charge in [-0.2, -0.15) is 0 Å². The lowest BCUT2D eigenvalue weighted by molar-refractivity contribution is 0.0950. The number of hydrogen-bond donors (Lipinski definition) is 2. The van der Waals surface area contributed by atoms with Crippen molar-refractivity contribution in [2.24, 2.45) is 0 Å². The van der Waals surface area contributed by atoms with Crippen LogP contribution in [-0.2, 0) is 6.42 Å². The number of pyridine rings is 1. The second-order valence-corrected chi connectivity index (χ2v) is 6.19. The monoisotopic (exact) mass is 368 g/mol. The molecule has 0 saturated heterocycles. The molecule has 2 N–H and O–H groups in total. The average molecular weight is 368 g/mol. The Labute approximate surface area is 153 Å². The number of fused-ring (bicyclic) bond motifs is 2. The summed E-state index contributed by atoms with van der Waals surface area (Å²) >= 11 is 0. The molecule has 0 aliphatic carbocycles. The number of nitrogens with one attached hydrogen (secondary N) is 2. The lowest BCUT2D eigenvalue weighted by Crippen LogP contribution is -2.28. The van der Waals surface area contributed by atoms with Crippen LogP contribution >= 0.6 is 0 Å². The van der Waals surface area contributed by atoms with Crippen LogP contribution in [0.15, 0.2) is 47.3 Å². The Hall–Kier alpha value is -3.35. The fourth-order valence-electron chi connectivity index (χ4n) is 3.03. The van der Waals surface area contributed by atoms with Crippen molar-refractivity contribution in [2.45, 2.75) is 6.42 Å². The summed E-state index contributed by atoms with van der Waals surface area (Å²) in [4.78, 5) is 27.2. The molecule has 3 aromatic rings. The first-order chi connectivity index (χ1) is 13.1. The molecule has 138 valence electrons. The zero-order valence-corrected chi connectivity index (χ0v) is 14.4. The van der Waals surface area contributed by atoms with E-state index in [9.17, 15) is 14.0 Å². The smallest absolute Gasteiger partial charge is 0.254 e. The lowest BCUT2D eigenvalue weighted by atomic mass is 10.1. The predicted molar refractivity (Wildman–Crippen MR) is 98.0 cm³/mol. The molecule has 0 atom stereocenters. The summed E-state index contributed by atoms with van der Waals surface area (Å²) < 4.78 is 24.7. The normalized spacial score (nSPS) is 12.8. The maximum Gasteiger partial charge on any atom is 0.254 e. The SMILES string of the molecule is O=C(NCCc1cc2cc3c(cc2[nH]c1=O)OCCO3)c1ccccc1F. The minimum Gasteiger partial charge on any atom is -0.486 e. The van der Waals surface area contributed by atoms with E-state index in [0.717, 1.165) is 5.39 Å². The standard InChI is InChI=1S/C20H17FN2O4/c21-15-4-2-1-3-14(15)20(25)22-6-5-12-9-13-10-17-18(27-8-7-26-17)11-16(13)23-19(12)24/h1-4,9-11H,5-8H2,(H,22,25)(H,23,24). The number of halogens is 1. The first kappa shape index (κ1) is 17.1. The highest BCUT2D eigenvalue weighted by atomic mass is 19.1. The van der Waals surface area contributed by atoms with E-state index in [1.165, 1.54) is 18.2 Å². The summed E-state index contributed by atoms with van der Waals surface area (Å²) in [5.74, 6) is 0.157. The maximum atomic E-state index is 13.6. The number of H-pyrrole nitrogens is 1. The van der Waals surface area contributed by atoms with Gasteiger partial charge < -0.3 is 19.8 Å². The van der Waals surface area contributed by atoms with Crippen LogP contribution in [0.2, 0.25) is 0 Å². The molecule has 4 rings (SSSR count). The number of benzene rings is 2. The van der Waals surface area contributed by atoms with E-state index in [4.69, 9.17) is 9.47 Å². The average Bonchev–Trinajstić information content (AvgIpc) is 2.67. The maximum absolute atomic E-state index is 13.6. The molecule has 0 spiro atoms. The van der Waals surface area contributed by atoms with E-state index in [1.807, 2.05) is 6.07 Å². The first-order valence-electron chi connectivity index (χ1n) is 8.60. The van der Waals surface area contributed by atoms with Crippen LogP contribution in [0, 0.1) is 5.82 Å². The molecular formula is C20H17FN2O4. The van der Waals surface area contributed by atoms with Gasteiger partial charge in [0.2, 0.25) is 0 Å². The summed E-state index contributed by atoms with van der Waals surface area (Å²) in [7, 11) is 0. The van der Waals surface area contributed by atoms with Gasteiger partial charge in [-0.05, 0) is 30.7 Å². The molecule has 2 aromatic carbocycles. The van der Waals surface area contributed by atoms with E-state index in [-0.39, 0.29) is 17.7 Å². The van der Waals surface area contributed by atoms with Gasteiger partial charge in [0.15, 0.2) is 11.5 Å². The summed E-state index contributed by atoms with van der Waals surface area (Å²) in [5, 5.41) is 3.45. The highest BCUT2D eigenvalue weighted by Crippen LogP contribution is 2.33. The topological polar surface area (TPSA) is 80.4 Å². The van der Waals surface area contributed by atoms with E-state index < -0.39 is 11.7 Å². The summed E-state index contributed by atoms with van der Waals surface area (Å²) in [6.45, 7) is 1.17. The molecule has 0 radical (unpaired) electrons. The predicted octanol–water partition coefficient (Wildman–Crippen LogP) is 2.41. The van der Waals surface area contributed by atoms with Crippen LogP contribution in [0.3, 0.4) is 0 Å². The third-order valence-corrected chi connectivity index (χ3v) is 4.38. The highest BCUT2D eigenvalue weighted by molar-refractivity contribution is 5.94. The van der Waals surface area contributed by atoms with Gasteiger partial charge in [-0.1, -0.05) is 12.1 Å². The van der Waals surface area contributed by atoms with Crippen LogP contribution in [0.4, 0.5) is 4.39 Å². The minimum absolute atomic E-state index is 0.0197. The molecule has 1 aliphatic heterocycles. The van der Waals surface area contributed by atoms with Gasteiger partial charge in [0, 0.05) is 23.6 Å². The van der Waals surface area contributed by atoms with E-state index >= 15 is 0 Å². The zero-order valence-electron chi connectivity index (χ0n) is 14.4. The van der Waals surface area contributed by atoms with Gasteiger partial charge in [-0.15, -0.1) is 0 Å². The number of rotatable bonds is 4. The zero-order chi connectivity index (χ0) is 18.8. The largest absolute Gasteiger partial charge is 0.486 e. The van der Waals surface area contributed by atoms with E-state index in [2.05, 4.69) is 10.3 Å². The Kier molecular flexibility index (Phi) is 4.50. The van der Waals surface area contributed by atoms with E-state index in [1.54, 1.807) is 18.2 Å². The van der Waals surface area contributed by atoms with Crippen molar-refractivity contribution in [2.75, 3.05) is 19.8 Å². The molecule has 0 fully saturated rings. The van der Waals surface area contributed by atoms with Crippen LogP contribution in [0.1, 0.15) is 15.9 Å². The van der Waals surface area contributed by atoms with Crippen molar-refractivity contribution in [3.05, 3.63) is 69.8 Å². The second kappa shape index (κ2) is 7.11. The van der Waals surface area contributed by atoms with Crippen molar-refractivity contribution in [3.8, 4) is 11.5 Å². The molecule has 2 heterocycles. The van der Waals surface area contributed by atoms with Gasteiger partial charge >= 0.3 is 0 Å². The van der Waals surface area contributed by atoms with Gasteiger partial charge in [0.1, 0.15) is 19.0 Å². The van der Waals surface area contributed by atoms with Gasteiger partial charge in [0.05, 0.1) is 11.1 Å². The number of carbonyl (C=O) groups is 1. The molecule has 6 nitrogen and oxygen atoms in total. The van der Waals surface area contributed by atoms with E-state index in [0.29, 0.717) is 42.2 Å². The van der Waals surface area contributed by atoms with Crippen LogP contribution in [0.25, 0.3) is 10.9 Å². The summed E-state index contributed by atoms with van der Waals surface area (Å²) in [6, 6.07) is 11.1. The molecule has 1 aromatic heterocycles. The van der Waals surface area contributed by atoms with Gasteiger partial charge in [-0.25, -0.2) is 4.39 Å². The van der Waals surface area contributed by atoms with Crippen LogP contribution in [-0.4, -0.2) is 30.6 Å². The quantitative estimate of drug-likeness (QED) is 0.741. The Morgan fingerprint density at radius 1 is 1.11 bits per heavy atom. The van der Waals surface area contributed by atoms with Crippen molar-refractivity contribution in [3.63, 3.8) is 0 Å². The third kappa shape index (κ3) is 3.48. The highest BCUT2D eigenvalue weighted by Gasteiger charge is 2.14. The first-order valence-corrected chi connectivity index (χ1v) is 8.60. The molecular weight excluding hydrogens is 351 g/mol. The van der Waals surface area contributed by atoms with Crippen molar-refractivity contribution >= 4 is 16.8 Å². The number of hydrogen-bond acceptors (Lipinski definition) is 4. The molecule has 0 saturated carbocycles. The number of aromatic amines is 1. The second-order valence-electron chi connectivity index (χ2n) is 6.19. The van der Waals surface area contributed by atoms with Crippen LogP contribution in [0.5, 0.6) is 11.5 Å².